The van der Waals surface area contributed by atoms with Crippen molar-refractivity contribution in [2.75, 3.05) is 0 Å². The number of carbonyl (C=O) groups excluding carboxylic acids is 1. The van der Waals surface area contributed by atoms with E-state index >= 15 is 0 Å². The number of hydrogen-bond acceptors (Lipinski definition) is 1. The van der Waals surface area contributed by atoms with E-state index in [0.29, 0.717) is 21.8 Å². The zero-order valence-electron chi connectivity index (χ0n) is 13.7. The number of hydrogen-bond donors (Lipinski definition) is 1. The Balaban J connectivity index is 2.02. The standard InChI is InChI=1S/C20H11F4N2O/c21-11-4-5-16-13(8-11)18-12(20(25)27)2-1-3-17(18)26(16)9-10-6-14(22)19(24)15(23)7-10/h1-7H,9H2,(H2,25,27). The summed E-state index contributed by atoms with van der Waals surface area (Å²) in [6.45, 7) is -0.0319. The van der Waals surface area contributed by atoms with Gasteiger partial charge in [-0.15, -0.1) is 0 Å². The van der Waals surface area contributed by atoms with Gasteiger partial charge >= 0.3 is 0 Å². The molecule has 0 saturated heterocycles. The summed E-state index contributed by atoms with van der Waals surface area (Å²) >= 11 is 0. The lowest BCUT2D eigenvalue weighted by Crippen LogP contribution is -2.11. The van der Waals surface area contributed by atoms with Crippen molar-refractivity contribution in [2.24, 2.45) is 5.73 Å². The molecule has 1 aromatic heterocycles. The van der Waals surface area contributed by atoms with Crippen molar-refractivity contribution < 1.29 is 22.4 Å². The highest BCUT2D eigenvalue weighted by molar-refractivity contribution is 6.17. The number of nitrogens with zero attached hydrogens (tertiary/aromatic N) is 1. The second-order valence-corrected chi connectivity index (χ2v) is 6.09. The highest BCUT2D eigenvalue weighted by Crippen LogP contribution is 2.32. The molecule has 0 aliphatic rings. The van der Waals surface area contributed by atoms with E-state index in [1.165, 1.54) is 18.2 Å². The fourth-order valence-electron chi connectivity index (χ4n) is 3.29. The molecule has 0 fully saturated rings. The van der Waals surface area contributed by atoms with E-state index in [9.17, 15) is 22.4 Å². The molecule has 1 heterocycles. The molecule has 0 spiro atoms. The molecule has 3 nitrogen and oxygen atoms in total. The van der Waals surface area contributed by atoms with Gasteiger partial charge in [0.1, 0.15) is 5.82 Å². The minimum atomic E-state index is -1.55. The van der Waals surface area contributed by atoms with E-state index in [2.05, 4.69) is 6.07 Å². The summed E-state index contributed by atoms with van der Waals surface area (Å²) < 4.78 is 55.8. The van der Waals surface area contributed by atoms with Crippen LogP contribution in [0.25, 0.3) is 21.8 Å². The van der Waals surface area contributed by atoms with Crippen molar-refractivity contribution in [1.82, 2.24) is 4.57 Å². The number of halogens is 4. The number of fused-ring (bicyclic) bond motifs is 3. The lowest BCUT2D eigenvalue weighted by molar-refractivity contribution is 0.100. The van der Waals surface area contributed by atoms with Gasteiger partial charge in [-0.1, -0.05) is 6.07 Å². The van der Waals surface area contributed by atoms with Crippen LogP contribution in [0.5, 0.6) is 0 Å². The monoisotopic (exact) mass is 371 g/mol. The van der Waals surface area contributed by atoms with Gasteiger partial charge < -0.3 is 10.3 Å². The molecule has 7 heteroatoms. The first-order valence-electron chi connectivity index (χ1n) is 7.93. The van der Waals surface area contributed by atoms with Crippen LogP contribution in [0.2, 0.25) is 0 Å². The second kappa shape index (κ2) is 6.12. The van der Waals surface area contributed by atoms with Gasteiger partial charge in [0, 0.05) is 28.9 Å². The van der Waals surface area contributed by atoms with Crippen molar-refractivity contribution in [2.45, 2.75) is 6.54 Å². The Labute approximate surface area is 150 Å². The van der Waals surface area contributed by atoms with E-state index in [4.69, 9.17) is 5.73 Å². The van der Waals surface area contributed by atoms with Crippen LogP contribution in [0.1, 0.15) is 15.9 Å². The summed E-state index contributed by atoms with van der Waals surface area (Å²) in [5.74, 6) is -5.48. The van der Waals surface area contributed by atoms with E-state index in [1.807, 2.05) is 0 Å². The van der Waals surface area contributed by atoms with Crippen molar-refractivity contribution in [3.8, 4) is 0 Å². The Morgan fingerprint density at radius 2 is 1.70 bits per heavy atom. The minimum absolute atomic E-state index is 0.0319. The molecule has 27 heavy (non-hydrogen) atoms. The molecule has 4 aromatic rings. The predicted molar refractivity (Wildman–Crippen MR) is 92.2 cm³/mol. The van der Waals surface area contributed by atoms with Crippen LogP contribution in [0, 0.1) is 29.3 Å². The van der Waals surface area contributed by atoms with Gasteiger partial charge in [0.05, 0.1) is 11.0 Å². The molecular weight excluding hydrogens is 360 g/mol. The first-order valence-corrected chi connectivity index (χ1v) is 7.93. The summed E-state index contributed by atoms with van der Waals surface area (Å²) in [5, 5.41) is 0.713. The van der Waals surface area contributed by atoms with Crippen LogP contribution in [0.4, 0.5) is 17.6 Å². The van der Waals surface area contributed by atoms with Gasteiger partial charge in [-0.25, -0.2) is 17.6 Å². The molecule has 135 valence electrons. The number of amides is 1. The van der Waals surface area contributed by atoms with Crippen LogP contribution >= 0.6 is 0 Å². The lowest BCUT2D eigenvalue weighted by atomic mass is 10.1. The average Bonchev–Trinajstić information content (AvgIpc) is 2.93. The molecule has 3 aromatic carbocycles. The topological polar surface area (TPSA) is 48.0 Å². The largest absolute Gasteiger partial charge is 0.366 e. The summed E-state index contributed by atoms with van der Waals surface area (Å²) in [6.07, 6.45) is 0. The Hall–Kier alpha value is -3.35. The van der Waals surface area contributed by atoms with Gasteiger partial charge in [0.2, 0.25) is 5.91 Å². The number of rotatable bonds is 3. The molecular formula is C20H11F4N2O. The Morgan fingerprint density at radius 3 is 2.37 bits per heavy atom. The van der Waals surface area contributed by atoms with E-state index in [1.54, 1.807) is 16.7 Å². The molecule has 0 aliphatic heterocycles. The first kappa shape index (κ1) is 17.1. The third kappa shape index (κ3) is 2.71. The second-order valence-electron chi connectivity index (χ2n) is 6.09. The molecule has 0 aliphatic carbocycles. The van der Waals surface area contributed by atoms with Crippen molar-refractivity contribution in [3.05, 3.63) is 82.9 Å². The molecule has 2 N–H and O–H groups in total. The average molecular weight is 371 g/mol. The zero-order chi connectivity index (χ0) is 19.3. The Bertz CT molecular complexity index is 1210. The number of aromatic nitrogens is 1. The quantitative estimate of drug-likeness (QED) is 0.424. The zero-order valence-corrected chi connectivity index (χ0v) is 13.7. The third-order valence-corrected chi connectivity index (χ3v) is 4.41. The van der Waals surface area contributed by atoms with E-state index in [0.717, 1.165) is 12.1 Å². The third-order valence-electron chi connectivity index (χ3n) is 4.41. The van der Waals surface area contributed by atoms with Gasteiger partial charge in [-0.3, -0.25) is 4.79 Å². The maximum absolute atomic E-state index is 13.8. The lowest BCUT2D eigenvalue weighted by Gasteiger charge is -2.09. The van der Waals surface area contributed by atoms with Crippen LogP contribution < -0.4 is 5.73 Å². The fourth-order valence-corrected chi connectivity index (χ4v) is 3.29. The number of carbonyl (C=O) groups is 1. The van der Waals surface area contributed by atoms with Gasteiger partial charge in [-0.05, 0) is 42.0 Å². The van der Waals surface area contributed by atoms with Crippen LogP contribution in [0.3, 0.4) is 0 Å². The van der Waals surface area contributed by atoms with Crippen LogP contribution in [0.15, 0.2) is 42.5 Å². The SMILES string of the molecule is NC(=O)c1cccc2c1c1[c]c(F)ccc1n2Cc1cc(F)c(F)c(F)c1. The number of primary amides is 1. The first-order chi connectivity index (χ1) is 12.9. The summed E-state index contributed by atoms with van der Waals surface area (Å²) in [4.78, 5) is 11.8. The van der Waals surface area contributed by atoms with E-state index < -0.39 is 29.2 Å². The Kier molecular flexibility index (Phi) is 3.87. The van der Waals surface area contributed by atoms with Gasteiger partial charge in [0.15, 0.2) is 17.5 Å². The fraction of sp³-hybridized carbons (Fsp3) is 0.0500. The molecule has 0 unspecified atom stereocenters. The summed E-state index contributed by atoms with van der Waals surface area (Å²) in [7, 11) is 0. The number of benzene rings is 3. The normalized spacial score (nSPS) is 11.4. The minimum Gasteiger partial charge on any atom is -0.366 e. The summed E-state index contributed by atoms with van der Waals surface area (Å²) in [5.41, 5.74) is 6.77. The van der Waals surface area contributed by atoms with Crippen molar-refractivity contribution in [1.29, 1.82) is 0 Å². The molecule has 0 atom stereocenters. The Morgan fingerprint density at radius 1 is 1.00 bits per heavy atom. The van der Waals surface area contributed by atoms with Gasteiger partial charge in [-0.2, -0.15) is 0 Å². The van der Waals surface area contributed by atoms with Gasteiger partial charge in [0.25, 0.3) is 0 Å². The maximum Gasteiger partial charge on any atom is 0.249 e. The highest BCUT2D eigenvalue weighted by Gasteiger charge is 2.18. The highest BCUT2D eigenvalue weighted by atomic mass is 19.2. The molecule has 1 amide bonds. The van der Waals surface area contributed by atoms with E-state index in [-0.39, 0.29) is 17.7 Å². The smallest absolute Gasteiger partial charge is 0.249 e. The molecule has 4 rings (SSSR count). The molecule has 0 saturated carbocycles. The van der Waals surface area contributed by atoms with Crippen LogP contribution in [-0.2, 0) is 6.54 Å². The summed E-state index contributed by atoms with van der Waals surface area (Å²) in [6, 6.07) is 11.8. The van der Waals surface area contributed by atoms with Crippen LogP contribution in [-0.4, -0.2) is 10.5 Å². The predicted octanol–water partition coefficient (Wildman–Crippen LogP) is 4.30. The molecule has 0 bridgehead atoms. The number of nitrogens with two attached hydrogens (primary N) is 1. The molecule has 1 radical (unpaired) electrons. The maximum atomic E-state index is 13.8. The van der Waals surface area contributed by atoms with Crippen molar-refractivity contribution >= 4 is 27.7 Å². The van der Waals surface area contributed by atoms with Crippen molar-refractivity contribution in [3.63, 3.8) is 0 Å².